The molecule has 6 nitrogen and oxygen atoms in total. The Morgan fingerprint density at radius 2 is 2.12 bits per heavy atom. The first kappa shape index (κ1) is 16.1. The molecule has 26 heavy (non-hydrogen) atoms. The second kappa shape index (κ2) is 7.23. The van der Waals surface area contributed by atoms with Gasteiger partial charge in [0.1, 0.15) is 12.1 Å². The van der Waals surface area contributed by atoms with Crippen molar-refractivity contribution in [1.29, 1.82) is 0 Å². The quantitative estimate of drug-likeness (QED) is 0.564. The van der Waals surface area contributed by atoms with E-state index in [0.717, 1.165) is 16.9 Å². The number of pyridine rings is 1. The number of carbonyl (C=O) groups excluding carboxylic acids is 1. The van der Waals surface area contributed by atoms with Crippen LogP contribution in [0.4, 0.5) is 0 Å². The number of aromatic nitrogens is 4. The summed E-state index contributed by atoms with van der Waals surface area (Å²) >= 11 is 0. The minimum atomic E-state index is 0.0361. The summed E-state index contributed by atoms with van der Waals surface area (Å²) < 4.78 is 1.84. The average Bonchev–Trinajstić information content (AvgIpc) is 3.35. The highest BCUT2D eigenvalue weighted by Gasteiger charge is 2.07. The van der Waals surface area contributed by atoms with Gasteiger partial charge in [-0.3, -0.25) is 9.36 Å². The van der Waals surface area contributed by atoms with Crippen molar-refractivity contribution in [3.05, 3.63) is 78.6 Å². The number of amides is 1. The van der Waals surface area contributed by atoms with E-state index in [1.54, 1.807) is 18.7 Å². The number of nitrogens with zero attached hydrogens (tertiary/aromatic N) is 3. The molecular weight excluding hydrogens is 326 g/mol. The lowest BCUT2D eigenvalue weighted by molar-refractivity contribution is -0.121. The number of benzene rings is 1. The highest BCUT2D eigenvalue weighted by atomic mass is 16.1. The number of para-hydroxylation sites is 1. The monoisotopic (exact) mass is 345 g/mol. The van der Waals surface area contributed by atoms with Gasteiger partial charge in [-0.2, -0.15) is 0 Å². The third-order valence-electron chi connectivity index (χ3n) is 4.36. The van der Waals surface area contributed by atoms with E-state index in [1.807, 2.05) is 47.3 Å². The smallest absolute Gasteiger partial charge is 0.220 e. The first-order valence-corrected chi connectivity index (χ1v) is 8.54. The summed E-state index contributed by atoms with van der Waals surface area (Å²) in [6.45, 7) is 0.476. The molecule has 0 aliphatic carbocycles. The number of fused-ring (bicyclic) bond motifs is 1. The van der Waals surface area contributed by atoms with Crippen LogP contribution < -0.4 is 5.32 Å². The van der Waals surface area contributed by atoms with Crippen LogP contribution in [0.15, 0.2) is 67.5 Å². The molecule has 130 valence electrons. The summed E-state index contributed by atoms with van der Waals surface area (Å²) in [4.78, 5) is 23.8. The molecule has 0 unspecified atom stereocenters. The maximum Gasteiger partial charge on any atom is 0.220 e. The number of carbonyl (C=O) groups is 1. The Balaban J connectivity index is 1.30. The van der Waals surface area contributed by atoms with Gasteiger partial charge in [0.25, 0.3) is 0 Å². The molecule has 1 aromatic carbocycles. The number of aryl methyl sites for hydroxylation is 1. The Hall–Kier alpha value is -3.41. The number of hydrogen-bond acceptors (Lipinski definition) is 3. The molecule has 0 atom stereocenters. The lowest BCUT2D eigenvalue weighted by Crippen LogP contribution is -2.23. The van der Waals surface area contributed by atoms with Gasteiger partial charge in [0, 0.05) is 48.7 Å². The Morgan fingerprint density at radius 3 is 2.92 bits per heavy atom. The summed E-state index contributed by atoms with van der Waals surface area (Å²) in [7, 11) is 0. The zero-order valence-electron chi connectivity index (χ0n) is 14.2. The fourth-order valence-electron chi connectivity index (χ4n) is 2.94. The van der Waals surface area contributed by atoms with Gasteiger partial charge in [0.2, 0.25) is 5.91 Å². The van der Waals surface area contributed by atoms with Gasteiger partial charge in [-0.05, 0) is 29.7 Å². The standard InChI is InChI=1S/C20H19N5O/c26-20(8-6-16-13-22-18-4-2-1-3-17(16)18)24-12-15-5-7-19(23-11-15)25-10-9-21-14-25/h1-5,7,9-11,13-14,22H,6,8,12H2,(H,24,26). The van der Waals surface area contributed by atoms with E-state index < -0.39 is 0 Å². The fraction of sp³-hybridized carbons (Fsp3) is 0.150. The number of hydrogen-bond donors (Lipinski definition) is 2. The van der Waals surface area contributed by atoms with Gasteiger partial charge in [0.05, 0.1) is 0 Å². The number of H-pyrrole nitrogens is 1. The Kier molecular flexibility index (Phi) is 4.47. The normalized spacial score (nSPS) is 10.9. The van der Waals surface area contributed by atoms with E-state index in [4.69, 9.17) is 0 Å². The average molecular weight is 345 g/mol. The van der Waals surface area contributed by atoms with Crippen molar-refractivity contribution in [3.8, 4) is 5.82 Å². The van der Waals surface area contributed by atoms with Crippen molar-refractivity contribution in [3.63, 3.8) is 0 Å². The van der Waals surface area contributed by atoms with Gasteiger partial charge in [0.15, 0.2) is 0 Å². The summed E-state index contributed by atoms with van der Waals surface area (Å²) in [5.74, 6) is 0.839. The van der Waals surface area contributed by atoms with Crippen molar-refractivity contribution in [2.45, 2.75) is 19.4 Å². The van der Waals surface area contributed by atoms with Gasteiger partial charge in [-0.15, -0.1) is 0 Å². The molecule has 3 heterocycles. The first-order valence-electron chi connectivity index (χ1n) is 8.54. The molecule has 0 aliphatic heterocycles. The van der Waals surface area contributed by atoms with Crippen molar-refractivity contribution >= 4 is 16.8 Å². The Morgan fingerprint density at radius 1 is 1.19 bits per heavy atom. The van der Waals surface area contributed by atoms with E-state index in [-0.39, 0.29) is 5.91 Å². The molecule has 0 spiro atoms. The van der Waals surface area contributed by atoms with Crippen LogP contribution in [0.2, 0.25) is 0 Å². The molecule has 0 bridgehead atoms. The molecule has 1 amide bonds. The third-order valence-corrected chi connectivity index (χ3v) is 4.36. The second-order valence-corrected chi connectivity index (χ2v) is 6.13. The molecular formula is C20H19N5O. The summed E-state index contributed by atoms with van der Waals surface area (Å²) in [5.41, 5.74) is 3.24. The molecule has 0 radical (unpaired) electrons. The largest absolute Gasteiger partial charge is 0.361 e. The summed E-state index contributed by atoms with van der Waals surface area (Å²) in [6, 6.07) is 12.0. The second-order valence-electron chi connectivity index (χ2n) is 6.13. The molecule has 3 aromatic heterocycles. The maximum absolute atomic E-state index is 12.1. The van der Waals surface area contributed by atoms with Crippen LogP contribution in [0, 0.1) is 0 Å². The van der Waals surface area contributed by atoms with Gasteiger partial charge < -0.3 is 10.3 Å². The molecule has 4 aromatic rings. The fourth-order valence-corrected chi connectivity index (χ4v) is 2.94. The molecule has 2 N–H and O–H groups in total. The minimum absolute atomic E-state index is 0.0361. The topological polar surface area (TPSA) is 75.6 Å². The number of imidazole rings is 1. The molecule has 4 rings (SSSR count). The van der Waals surface area contributed by atoms with Crippen LogP contribution in [0.5, 0.6) is 0 Å². The van der Waals surface area contributed by atoms with Crippen molar-refractivity contribution in [1.82, 2.24) is 24.8 Å². The lowest BCUT2D eigenvalue weighted by Gasteiger charge is -2.06. The lowest BCUT2D eigenvalue weighted by atomic mass is 10.1. The minimum Gasteiger partial charge on any atom is -0.361 e. The molecule has 0 aliphatic rings. The number of nitrogens with one attached hydrogen (secondary N) is 2. The number of rotatable bonds is 6. The van der Waals surface area contributed by atoms with E-state index in [2.05, 4.69) is 26.3 Å². The summed E-state index contributed by atoms with van der Waals surface area (Å²) in [6.07, 6.45) is 10.2. The van der Waals surface area contributed by atoms with Crippen molar-refractivity contribution in [2.75, 3.05) is 0 Å². The highest BCUT2D eigenvalue weighted by molar-refractivity contribution is 5.84. The zero-order valence-corrected chi connectivity index (χ0v) is 14.2. The third kappa shape index (κ3) is 3.49. The summed E-state index contributed by atoms with van der Waals surface area (Å²) in [5, 5.41) is 4.14. The molecule has 0 saturated carbocycles. The van der Waals surface area contributed by atoms with Gasteiger partial charge in [-0.25, -0.2) is 9.97 Å². The maximum atomic E-state index is 12.1. The van der Waals surface area contributed by atoms with Crippen LogP contribution >= 0.6 is 0 Å². The zero-order chi connectivity index (χ0) is 17.8. The molecule has 0 saturated heterocycles. The van der Waals surface area contributed by atoms with Crippen molar-refractivity contribution in [2.24, 2.45) is 0 Å². The van der Waals surface area contributed by atoms with E-state index in [9.17, 15) is 4.79 Å². The van der Waals surface area contributed by atoms with Crippen molar-refractivity contribution < 1.29 is 4.79 Å². The Labute approximate surface area is 150 Å². The van der Waals surface area contributed by atoms with E-state index in [0.29, 0.717) is 19.4 Å². The predicted octanol–water partition coefficient (Wildman–Crippen LogP) is 3.00. The highest BCUT2D eigenvalue weighted by Crippen LogP contribution is 2.18. The van der Waals surface area contributed by atoms with Gasteiger partial charge in [-0.1, -0.05) is 24.3 Å². The van der Waals surface area contributed by atoms with Gasteiger partial charge >= 0.3 is 0 Å². The Bertz CT molecular complexity index is 1000. The van der Waals surface area contributed by atoms with Crippen LogP contribution in [-0.2, 0) is 17.8 Å². The SMILES string of the molecule is O=C(CCc1c[nH]c2ccccc12)NCc1ccc(-n2ccnc2)nc1. The van der Waals surface area contributed by atoms with E-state index in [1.165, 1.54) is 10.9 Å². The van der Waals surface area contributed by atoms with Crippen LogP contribution in [-0.4, -0.2) is 25.4 Å². The van der Waals surface area contributed by atoms with Crippen LogP contribution in [0.3, 0.4) is 0 Å². The van der Waals surface area contributed by atoms with Crippen LogP contribution in [0.1, 0.15) is 17.5 Å². The van der Waals surface area contributed by atoms with Crippen LogP contribution in [0.25, 0.3) is 16.7 Å². The first-order chi connectivity index (χ1) is 12.8. The predicted molar refractivity (Wildman–Crippen MR) is 99.8 cm³/mol. The molecule has 6 heteroatoms. The molecule has 0 fully saturated rings. The van der Waals surface area contributed by atoms with E-state index >= 15 is 0 Å². The number of aromatic amines is 1.